The van der Waals surface area contributed by atoms with E-state index in [4.69, 9.17) is 10.5 Å². The van der Waals surface area contributed by atoms with Crippen molar-refractivity contribution in [3.05, 3.63) is 34.9 Å². The molecule has 0 saturated carbocycles. The van der Waals surface area contributed by atoms with E-state index in [2.05, 4.69) is 32.0 Å². The van der Waals surface area contributed by atoms with Gasteiger partial charge in [-0.15, -0.1) is 0 Å². The lowest BCUT2D eigenvalue weighted by Crippen LogP contribution is -2.29. The van der Waals surface area contributed by atoms with Gasteiger partial charge in [0.1, 0.15) is 0 Å². The SMILES string of the molecule is Cc1cc(C)cc(C2(CCN)CCOC2)c1. The van der Waals surface area contributed by atoms with Crippen molar-refractivity contribution in [1.82, 2.24) is 0 Å². The predicted molar refractivity (Wildman–Crippen MR) is 66.7 cm³/mol. The highest BCUT2D eigenvalue weighted by molar-refractivity contribution is 5.35. The van der Waals surface area contributed by atoms with Crippen LogP contribution in [0.5, 0.6) is 0 Å². The summed E-state index contributed by atoms with van der Waals surface area (Å²) in [6, 6.07) is 6.80. The van der Waals surface area contributed by atoms with Crippen molar-refractivity contribution < 1.29 is 4.74 Å². The fourth-order valence-electron chi connectivity index (χ4n) is 2.73. The van der Waals surface area contributed by atoms with Gasteiger partial charge < -0.3 is 10.5 Å². The lowest BCUT2D eigenvalue weighted by Gasteiger charge is -2.28. The van der Waals surface area contributed by atoms with Crippen LogP contribution >= 0.6 is 0 Å². The van der Waals surface area contributed by atoms with E-state index in [1.54, 1.807) is 0 Å². The second-order valence-corrected chi connectivity index (χ2v) is 5.00. The van der Waals surface area contributed by atoms with Crippen LogP contribution in [0, 0.1) is 13.8 Å². The van der Waals surface area contributed by atoms with Crippen LogP contribution in [0.3, 0.4) is 0 Å². The predicted octanol–water partition coefficient (Wildman–Crippen LogP) is 2.31. The smallest absolute Gasteiger partial charge is 0.0564 e. The number of rotatable bonds is 3. The first-order valence-corrected chi connectivity index (χ1v) is 6.03. The van der Waals surface area contributed by atoms with Crippen molar-refractivity contribution in [2.75, 3.05) is 19.8 Å². The number of ether oxygens (including phenoxy) is 1. The molecule has 1 aliphatic heterocycles. The maximum absolute atomic E-state index is 5.75. The zero-order valence-corrected chi connectivity index (χ0v) is 10.3. The molecule has 0 bridgehead atoms. The Labute approximate surface area is 97.8 Å². The molecule has 1 fully saturated rings. The second-order valence-electron chi connectivity index (χ2n) is 5.00. The van der Waals surface area contributed by atoms with Gasteiger partial charge in [-0.3, -0.25) is 0 Å². The zero-order valence-electron chi connectivity index (χ0n) is 10.3. The summed E-state index contributed by atoms with van der Waals surface area (Å²) < 4.78 is 5.59. The average Bonchev–Trinajstić information content (AvgIpc) is 2.66. The molecular formula is C14H21NO. The van der Waals surface area contributed by atoms with Gasteiger partial charge in [-0.2, -0.15) is 0 Å². The summed E-state index contributed by atoms with van der Waals surface area (Å²) in [5, 5.41) is 0. The molecular weight excluding hydrogens is 198 g/mol. The Kier molecular flexibility index (Phi) is 3.31. The van der Waals surface area contributed by atoms with Gasteiger partial charge in [0.15, 0.2) is 0 Å². The van der Waals surface area contributed by atoms with Crippen LogP contribution in [-0.4, -0.2) is 19.8 Å². The third-order valence-electron chi connectivity index (χ3n) is 3.56. The van der Waals surface area contributed by atoms with Gasteiger partial charge in [-0.25, -0.2) is 0 Å². The largest absolute Gasteiger partial charge is 0.380 e. The van der Waals surface area contributed by atoms with Crippen LogP contribution in [0.4, 0.5) is 0 Å². The van der Waals surface area contributed by atoms with Crippen molar-refractivity contribution in [2.24, 2.45) is 5.73 Å². The third-order valence-corrected chi connectivity index (χ3v) is 3.56. The van der Waals surface area contributed by atoms with E-state index in [9.17, 15) is 0 Å². The Morgan fingerprint density at radius 2 is 1.94 bits per heavy atom. The first-order valence-electron chi connectivity index (χ1n) is 6.03. The van der Waals surface area contributed by atoms with E-state index < -0.39 is 0 Å². The minimum atomic E-state index is 0.172. The zero-order chi connectivity index (χ0) is 11.6. The Morgan fingerprint density at radius 3 is 2.44 bits per heavy atom. The van der Waals surface area contributed by atoms with Gasteiger partial charge in [0, 0.05) is 12.0 Å². The summed E-state index contributed by atoms with van der Waals surface area (Å²) in [5.41, 5.74) is 10.00. The fraction of sp³-hybridized carbons (Fsp3) is 0.571. The van der Waals surface area contributed by atoms with Crippen molar-refractivity contribution in [3.63, 3.8) is 0 Å². The first kappa shape index (κ1) is 11.6. The van der Waals surface area contributed by atoms with E-state index in [-0.39, 0.29) is 5.41 Å². The molecule has 0 radical (unpaired) electrons. The lowest BCUT2D eigenvalue weighted by molar-refractivity contribution is 0.175. The number of aryl methyl sites for hydroxylation is 2. The number of hydrogen-bond donors (Lipinski definition) is 1. The molecule has 1 heterocycles. The van der Waals surface area contributed by atoms with Gasteiger partial charge in [0.05, 0.1) is 6.61 Å². The van der Waals surface area contributed by atoms with Crippen molar-refractivity contribution in [3.8, 4) is 0 Å². The fourth-order valence-corrected chi connectivity index (χ4v) is 2.73. The van der Waals surface area contributed by atoms with Crippen molar-refractivity contribution >= 4 is 0 Å². The molecule has 0 amide bonds. The van der Waals surface area contributed by atoms with Gasteiger partial charge >= 0.3 is 0 Å². The van der Waals surface area contributed by atoms with Crippen LogP contribution in [0.2, 0.25) is 0 Å². The highest BCUT2D eigenvalue weighted by Crippen LogP contribution is 2.36. The highest BCUT2D eigenvalue weighted by Gasteiger charge is 2.35. The van der Waals surface area contributed by atoms with Gasteiger partial charge in [-0.05, 0) is 38.8 Å². The van der Waals surface area contributed by atoms with E-state index in [0.29, 0.717) is 0 Å². The molecule has 1 saturated heterocycles. The molecule has 1 unspecified atom stereocenters. The molecule has 1 aromatic rings. The number of nitrogens with two attached hydrogens (primary N) is 1. The summed E-state index contributed by atoms with van der Waals surface area (Å²) in [4.78, 5) is 0. The summed E-state index contributed by atoms with van der Waals surface area (Å²) >= 11 is 0. The summed E-state index contributed by atoms with van der Waals surface area (Å²) in [6.07, 6.45) is 2.13. The van der Waals surface area contributed by atoms with Crippen LogP contribution in [0.25, 0.3) is 0 Å². The average molecular weight is 219 g/mol. The second kappa shape index (κ2) is 4.56. The molecule has 88 valence electrons. The maximum Gasteiger partial charge on any atom is 0.0564 e. The van der Waals surface area contributed by atoms with E-state index in [0.717, 1.165) is 32.6 Å². The Balaban J connectivity index is 2.38. The molecule has 1 atom stereocenters. The Hall–Kier alpha value is -0.860. The quantitative estimate of drug-likeness (QED) is 0.846. The monoisotopic (exact) mass is 219 g/mol. The number of hydrogen-bond acceptors (Lipinski definition) is 2. The molecule has 2 rings (SSSR count). The molecule has 0 aromatic heterocycles. The van der Waals surface area contributed by atoms with E-state index >= 15 is 0 Å². The molecule has 0 spiro atoms. The highest BCUT2D eigenvalue weighted by atomic mass is 16.5. The summed E-state index contributed by atoms with van der Waals surface area (Å²) in [5.74, 6) is 0. The van der Waals surface area contributed by atoms with E-state index in [1.807, 2.05) is 0 Å². The third kappa shape index (κ3) is 2.13. The van der Waals surface area contributed by atoms with Crippen molar-refractivity contribution in [1.29, 1.82) is 0 Å². The minimum Gasteiger partial charge on any atom is -0.380 e. The van der Waals surface area contributed by atoms with Gasteiger partial charge in [0.25, 0.3) is 0 Å². The van der Waals surface area contributed by atoms with E-state index in [1.165, 1.54) is 16.7 Å². The summed E-state index contributed by atoms with van der Waals surface area (Å²) in [7, 11) is 0. The molecule has 2 heteroatoms. The van der Waals surface area contributed by atoms with Crippen LogP contribution in [0.1, 0.15) is 29.5 Å². The molecule has 0 aliphatic carbocycles. The molecule has 16 heavy (non-hydrogen) atoms. The number of benzene rings is 1. The minimum absolute atomic E-state index is 0.172. The van der Waals surface area contributed by atoms with Gasteiger partial charge in [0.2, 0.25) is 0 Å². The maximum atomic E-state index is 5.75. The molecule has 1 aromatic carbocycles. The standard InChI is InChI=1S/C14H21NO/c1-11-7-12(2)9-13(8-11)14(3-5-15)4-6-16-10-14/h7-9H,3-6,10,15H2,1-2H3. The Morgan fingerprint density at radius 1 is 1.25 bits per heavy atom. The van der Waals surface area contributed by atoms with Crippen LogP contribution in [-0.2, 0) is 10.2 Å². The molecule has 1 aliphatic rings. The summed E-state index contributed by atoms with van der Waals surface area (Å²) in [6.45, 7) is 6.74. The van der Waals surface area contributed by atoms with Gasteiger partial charge in [-0.1, -0.05) is 29.3 Å². The van der Waals surface area contributed by atoms with Crippen LogP contribution in [0.15, 0.2) is 18.2 Å². The normalized spacial score (nSPS) is 24.9. The van der Waals surface area contributed by atoms with Crippen molar-refractivity contribution in [2.45, 2.75) is 32.1 Å². The Bertz CT molecular complexity index is 347. The molecule has 2 N–H and O–H groups in total. The topological polar surface area (TPSA) is 35.2 Å². The lowest BCUT2D eigenvalue weighted by atomic mass is 9.76. The molecule has 2 nitrogen and oxygen atoms in total. The first-order chi connectivity index (χ1) is 7.66. The van der Waals surface area contributed by atoms with Crippen LogP contribution < -0.4 is 5.73 Å².